The zero-order valence-electron chi connectivity index (χ0n) is 20.3. The zero-order valence-corrected chi connectivity index (χ0v) is 20.3. The van der Waals surface area contributed by atoms with Gasteiger partial charge in [0.05, 0.1) is 6.61 Å². The van der Waals surface area contributed by atoms with Gasteiger partial charge in [-0.1, -0.05) is 48.5 Å². The third-order valence-corrected chi connectivity index (χ3v) is 5.72. The van der Waals surface area contributed by atoms with E-state index in [1.807, 2.05) is 36.4 Å². The number of carbonyl (C=O) groups excluding carboxylic acids is 2. The van der Waals surface area contributed by atoms with E-state index >= 15 is 0 Å². The molecule has 0 aliphatic carbocycles. The first-order valence-electron chi connectivity index (χ1n) is 11.5. The first kappa shape index (κ1) is 26.3. The third-order valence-electron chi connectivity index (χ3n) is 5.72. The summed E-state index contributed by atoms with van der Waals surface area (Å²) in [5.74, 6) is -0.152. The molecule has 0 radical (unpaired) electrons. The Kier molecular flexibility index (Phi) is 8.22. The van der Waals surface area contributed by atoms with E-state index in [0.717, 1.165) is 16.7 Å². The number of benzene rings is 3. The van der Waals surface area contributed by atoms with Crippen molar-refractivity contribution in [3.05, 3.63) is 101 Å². The number of aliphatic hydroxyl groups is 3. The van der Waals surface area contributed by atoms with Gasteiger partial charge in [-0.15, -0.1) is 0 Å². The van der Waals surface area contributed by atoms with Crippen LogP contribution in [0, 0.1) is 0 Å². The standard InChI is InChI=1S/C29H32O6/c1-28(2,33)26(31)23-10-8-21(9-11-23)18-20-4-6-22(7-5-20)19-29(3,34)27(32)24-12-14-25(15-13-24)35-17-16-30/h4-15,30,33-34H,16-19H2,1-3H3. The van der Waals surface area contributed by atoms with Crippen LogP contribution in [-0.2, 0) is 12.8 Å². The van der Waals surface area contributed by atoms with E-state index < -0.39 is 11.2 Å². The summed E-state index contributed by atoms with van der Waals surface area (Å²) in [6.45, 7) is 4.54. The number of Topliss-reactive ketones (excluding diaryl/α,β-unsaturated/α-hetero) is 2. The fourth-order valence-corrected chi connectivity index (χ4v) is 3.79. The van der Waals surface area contributed by atoms with Crippen molar-refractivity contribution in [2.75, 3.05) is 13.2 Å². The van der Waals surface area contributed by atoms with E-state index in [-0.39, 0.29) is 31.2 Å². The van der Waals surface area contributed by atoms with Crippen molar-refractivity contribution in [1.29, 1.82) is 0 Å². The molecule has 0 aliphatic heterocycles. The molecule has 0 aliphatic rings. The quantitative estimate of drug-likeness (QED) is 0.364. The van der Waals surface area contributed by atoms with Crippen molar-refractivity contribution in [3.8, 4) is 5.75 Å². The van der Waals surface area contributed by atoms with Gasteiger partial charge in [0.25, 0.3) is 0 Å². The molecule has 0 heterocycles. The molecule has 0 bridgehead atoms. The Bertz CT molecular complexity index is 1140. The molecule has 6 nitrogen and oxygen atoms in total. The van der Waals surface area contributed by atoms with E-state index in [4.69, 9.17) is 9.84 Å². The third kappa shape index (κ3) is 7.09. The van der Waals surface area contributed by atoms with Crippen LogP contribution in [0.5, 0.6) is 5.75 Å². The fraction of sp³-hybridized carbons (Fsp3) is 0.310. The second-order valence-electron chi connectivity index (χ2n) is 9.45. The molecule has 0 saturated carbocycles. The molecule has 0 saturated heterocycles. The van der Waals surface area contributed by atoms with Gasteiger partial charge in [-0.2, -0.15) is 0 Å². The van der Waals surface area contributed by atoms with Crippen LogP contribution in [0.3, 0.4) is 0 Å². The van der Waals surface area contributed by atoms with Crippen LogP contribution >= 0.6 is 0 Å². The van der Waals surface area contributed by atoms with E-state index in [1.165, 1.54) is 20.8 Å². The van der Waals surface area contributed by atoms with E-state index in [2.05, 4.69) is 0 Å². The molecule has 0 amide bonds. The lowest BCUT2D eigenvalue weighted by atomic mass is 9.88. The highest BCUT2D eigenvalue weighted by Crippen LogP contribution is 2.22. The monoisotopic (exact) mass is 476 g/mol. The highest BCUT2D eigenvalue weighted by atomic mass is 16.5. The highest BCUT2D eigenvalue weighted by Gasteiger charge is 2.31. The number of rotatable bonds is 11. The summed E-state index contributed by atoms with van der Waals surface area (Å²) in [5, 5.41) is 29.6. The minimum absolute atomic E-state index is 0.0927. The Morgan fingerprint density at radius 1 is 0.714 bits per heavy atom. The Morgan fingerprint density at radius 2 is 1.17 bits per heavy atom. The van der Waals surface area contributed by atoms with Crippen molar-refractivity contribution in [2.24, 2.45) is 0 Å². The Morgan fingerprint density at radius 3 is 1.69 bits per heavy atom. The predicted octanol–water partition coefficient (Wildman–Crippen LogP) is 3.78. The summed E-state index contributed by atoms with van der Waals surface area (Å²) >= 11 is 0. The fourth-order valence-electron chi connectivity index (χ4n) is 3.79. The number of aliphatic hydroxyl groups excluding tert-OH is 1. The van der Waals surface area contributed by atoms with Crippen LogP contribution in [0.2, 0.25) is 0 Å². The largest absolute Gasteiger partial charge is 0.491 e. The van der Waals surface area contributed by atoms with Gasteiger partial charge in [-0.3, -0.25) is 9.59 Å². The van der Waals surface area contributed by atoms with Crippen LogP contribution in [0.15, 0.2) is 72.8 Å². The Labute approximate surface area is 205 Å². The average molecular weight is 477 g/mol. The molecule has 3 aromatic carbocycles. The van der Waals surface area contributed by atoms with Gasteiger partial charge in [0, 0.05) is 17.5 Å². The molecule has 184 valence electrons. The summed E-state index contributed by atoms with van der Waals surface area (Å²) in [5.41, 5.74) is 0.792. The molecular weight excluding hydrogens is 444 g/mol. The topological polar surface area (TPSA) is 104 Å². The minimum Gasteiger partial charge on any atom is -0.491 e. The Hall–Kier alpha value is -3.32. The molecule has 0 fully saturated rings. The highest BCUT2D eigenvalue weighted by molar-refractivity contribution is 6.02. The van der Waals surface area contributed by atoms with Gasteiger partial charge in [-0.05, 0) is 68.1 Å². The van der Waals surface area contributed by atoms with Crippen LogP contribution in [0.1, 0.15) is 58.2 Å². The molecule has 1 unspecified atom stereocenters. The summed E-state index contributed by atoms with van der Waals surface area (Å²) in [6, 6.07) is 21.4. The molecular formula is C29H32O6. The summed E-state index contributed by atoms with van der Waals surface area (Å²) < 4.78 is 5.31. The van der Waals surface area contributed by atoms with Crippen LogP contribution in [0.4, 0.5) is 0 Å². The van der Waals surface area contributed by atoms with E-state index in [9.17, 15) is 19.8 Å². The first-order valence-corrected chi connectivity index (χ1v) is 11.5. The SMILES string of the molecule is CC(C)(O)C(=O)c1ccc(Cc2ccc(CC(C)(O)C(=O)c3ccc(OCCO)cc3)cc2)cc1. The summed E-state index contributed by atoms with van der Waals surface area (Å²) in [7, 11) is 0. The van der Waals surface area contributed by atoms with Gasteiger partial charge in [0.15, 0.2) is 11.6 Å². The van der Waals surface area contributed by atoms with Crippen molar-refractivity contribution in [1.82, 2.24) is 0 Å². The summed E-state index contributed by atoms with van der Waals surface area (Å²) in [6.07, 6.45) is 0.833. The normalized spacial score (nSPS) is 13.2. The van der Waals surface area contributed by atoms with Gasteiger partial charge < -0.3 is 20.1 Å². The van der Waals surface area contributed by atoms with Crippen LogP contribution < -0.4 is 4.74 Å². The number of hydrogen-bond donors (Lipinski definition) is 3. The maximum atomic E-state index is 12.9. The number of ketones is 2. The van der Waals surface area contributed by atoms with Gasteiger partial charge >= 0.3 is 0 Å². The lowest BCUT2D eigenvalue weighted by molar-refractivity contribution is 0.0409. The molecule has 0 spiro atoms. The molecule has 0 aromatic heterocycles. The maximum Gasteiger partial charge on any atom is 0.194 e. The number of ether oxygens (including phenoxy) is 1. The molecule has 3 aromatic rings. The van der Waals surface area contributed by atoms with Crippen molar-refractivity contribution in [3.63, 3.8) is 0 Å². The molecule has 3 rings (SSSR count). The maximum absolute atomic E-state index is 12.9. The van der Waals surface area contributed by atoms with E-state index in [0.29, 0.717) is 23.3 Å². The van der Waals surface area contributed by atoms with Crippen LogP contribution in [-0.4, -0.2) is 51.3 Å². The van der Waals surface area contributed by atoms with Crippen molar-refractivity contribution >= 4 is 11.6 Å². The van der Waals surface area contributed by atoms with Crippen molar-refractivity contribution < 1.29 is 29.6 Å². The van der Waals surface area contributed by atoms with Gasteiger partial charge in [0.2, 0.25) is 0 Å². The molecule has 1 atom stereocenters. The number of carbonyl (C=O) groups is 2. The molecule has 6 heteroatoms. The van der Waals surface area contributed by atoms with Gasteiger partial charge in [-0.25, -0.2) is 0 Å². The second kappa shape index (κ2) is 11.0. The van der Waals surface area contributed by atoms with Gasteiger partial charge in [0.1, 0.15) is 23.6 Å². The predicted molar refractivity (Wildman–Crippen MR) is 134 cm³/mol. The lowest BCUT2D eigenvalue weighted by Crippen LogP contribution is -2.37. The smallest absolute Gasteiger partial charge is 0.194 e. The van der Waals surface area contributed by atoms with Crippen molar-refractivity contribution in [2.45, 2.75) is 44.8 Å². The summed E-state index contributed by atoms with van der Waals surface area (Å²) in [4.78, 5) is 25.0. The number of hydrogen-bond acceptors (Lipinski definition) is 6. The molecule has 35 heavy (non-hydrogen) atoms. The lowest BCUT2D eigenvalue weighted by Gasteiger charge is -2.22. The average Bonchev–Trinajstić information content (AvgIpc) is 2.83. The van der Waals surface area contributed by atoms with Crippen LogP contribution in [0.25, 0.3) is 0 Å². The second-order valence-corrected chi connectivity index (χ2v) is 9.45. The minimum atomic E-state index is -1.57. The molecule has 3 N–H and O–H groups in total. The first-order chi connectivity index (χ1) is 16.5. The Balaban J connectivity index is 1.62. The zero-order chi connectivity index (χ0) is 25.6. The van der Waals surface area contributed by atoms with E-state index in [1.54, 1.807) is 36.4 Å².